The second-order valence-corrected chi connectivity index (χ2v) is 6.72. The zero-order chi connectivity index (χ0) is 16.0. The molecular weight excluding hydrogens is 282 g/mol. The van der Waals surface area contributed by atoms with Crippen molar-refractivity contribution in [2.45, 2.75) is 45.8 Å². The van der Waals surface area contributed by atoms with Gasteiger partial charge in [0.05, 0.1) is 6.20 Å². The van der Waals surface area contributed by atoms with Crippen LogP contribution in [0.3, 0.4) is 0 Å². The number of nitrogens with one attached hydrogen (secondary N) is 4. The van der Waals surface area contributed by atoms with Crippen molar-refractivity contribution in [3.8, 4) is 0 Å². The van der Waals surface area contributed by atoms with Crippen LogP contribution in [0.5, 0.6) is 0 Å². The number of carbonyl (C=O) groups is 1. The summed E-state index contributed by atoms with van der Waals surface area (Å²) in [6.07, 6.45) is 3.67. The van der Waals surface area contributed by atoms with E-state index in [-0.39, 0.29) is 0 Å². The number of ether oxygens (including phenoxy) is 1. The number of aromatic amines is 1. The maximum absolute atomic E-state index is 11.8. The molecule has 1 aromatic rings. The first-order valence-corrected chi connectivity index (χ1v) is 7.88. The van der Waals surface area contributed by atoms with Crippen molar-refractivity contribution in [3.05, 3.63) is 11.8 Å². The lowest BCUT2D eigenvalue weighted by molar-refractivity contribution is 0.0635. The van der Waals surface area contributed by atoms with Crippen LogP contribution in [0.4, 0.5) is 10.6 Å². The third-order valence-electron chi connectivity index (χ3n) is 3.55. The lowest BCUT2D eigenvalue weighted by Crippen LogP contribution is -2.33. The Bertz CT molecular complexity index is 475. The number of hydrogen-bond donors (Lipinski definition) is 4. The Kier molecular flexibility index (Phi) is 5.79. The number of amides is 1. The maximum Gasteiger partial charge on any atom is 0.413 e. The summed E-state index contributed by atoms with van der Waals surface area (Å²) in [5.74, 6) is 1.31. The minimum absolute atomic E-state index is 0.476. The summed E-state index contributed by atoms with van der Waals surface area (Å²) in [6.45, 7) is 9.36. The van der Waals surface area contributed by atoms with Crippen LogP contribution in [0, 0.1) is 5.92 Å². The molecule has 0 spiro atoms. The van der Waals surface area contributed by atoms with E-state index in [9.17, 15) is 4.79 Å². The quantitative estimate of drug-likeness (QED) is 0.666. The van der Waals surface area contributed by atoms with Gasteiger partial charge in [-0.2, -0.15) is 5.10 Å². The molecule has 0 aliphatic carbocycles. The summed E-state index contributed by atoms with van der Waals surface area (Å²) in [5.41, 5.74) is 0.414. The molecule has 1 aliphatic heterocycles. The Morgan fingerprint density at radius 2 is 2.14 bits per heavy atom. The van der Waals surface area contributed by atoms with Crippen LogP contribution in [-0.4, -0.2) is 41.5 Å². The maximum atomic E-state index is 11.8. The summed E-state index contributed by atoms with van der Waals surface area (Å²) >= 11 is 0. The molecule has 124 valence electrons. The molecule has 0 unspecified atom stereocenters. The standard InChI is InChI=1S/C15H27N5O2/c1-15(2,3)22-14(21)19-13-12(10-18-20-13)9-17-8-11-4-6-16-7-5-11/h10-11,16-17H,4-9H2,1-3H3,(H2,18,19,20,21). The van der Waals surface area contributed by atoms with Gasteiger partial charge in [0.1, 0.15) is 11.4 Å². The first-order chi connectivity index (χ1) is 10.4. The van der Waals surface area contributed by atoms with E-state index in [2.05, 4.69) is 26.1 Å². The smallest absolute Gasteiger partial charge is 0.413 e. The van der Waals surface area contributed by atoms with Gasteiger partial charge in [-0.1, -0.05) is 0 Å². The van der Waals surface area contributed by atoms with Gasteiger partial charge in [-0.25, -0.2) is 4.79 Å². The van der Waals surface area contributed by atoms with E-state index in [0.29, 0.717) is 12.4 Å². The SMILES string of the molecule is CC(C)(C)OC(=O)Nc1[nH]ncc1CNCC1CCNCC1. The molecule has 2 heterocycles. The van der Waals surface area contributed by atoms with E-state index in [1.807, 2.05) is 20.8 Å². The zero-order valence-electron chi connectivity index (χ0n) is 13.7. The fraction of sp³-hybridized carbons (Fsp3) is 0.733. The highest BCUT2D eigenvalue weighted by atomic mass is 16.6. The fourth-order valence-corrected chi connectivity index (χ4v) is 2.46. The molecule has 0 bridgehead atoms. The number of H-pyrrole nitrogens is 1. The Hall–Kier alpha value is -1.60. The van der Waals surface area contributed by atoms with Gasteiger partial charge >= 0.3 is 6.09 Å². The Morgan fingerprint density at radius 3 is 2.82 bits per heavy atom. The second kappa shape index (κ2) is 7.60. The molecule has 0 aromatic carbocycles. The monoisotopic (exact) mass is 309 g/mol. The highest BCUT2D eigenvalue weighted by molar-refractivity contribution is 5.84. The average molecular weight is 309 g/mol. The van der Waals surface area contributed by atoms with Crippen LogP contribution in [0.1, 0.15) is 39.2 Å². The third-order valence-corrected chi connectivity index (χ3v) is 3.55. The minimum atomic E-state index is -0.516. The Balaban J connectivity index is 1.77. The molecule has 0 saturated carbocycles. The molecular formula is C15H27N5O2. The van der Waals surface area contributed by atoms with Gasteiger partial charge in [0.2, 0.25) is 0 Å². The van der Waals surface area contributed by atoms with E-state index < -0.39 is 11.7 Å². The van der Waals surface area contributed by atoms with E-state index >= 15 is 0 Å². The minimum Gasteiger partial charge on any atom is -0.444 e. The molecule has 7 nitrogen and oxygen atoms in total. The van der Waals surface area contributed by atoms with Gasteiger partial charge in [0, 0.05) is 12.1 Å². The van der Waals surface area contributed by atoms with Crippen molar-refractivity contribution in [1.82, 2.24) is 20.8 Å². The van der Waals surface area contributed by atoms with Crippen molar-refractivity contribution in [1.29, 1.82) is 0 Å². The second-order valence-electron chi connectivity index (χ2n) is 6.72. The molecule has 1 aliphatic rings. The lowest BCUT2D eigenvalue weighted by Gasteiger charge is -2.22. The summed E-state index contributed by atoms with van der Waals surface area (Å²) in [5, 5.41) is 16.3. The predicted molar refractivity (Wildman–Crippen MR) is 85.7 cm³/mol. The van der Waals surface area contributed by atoms with Gasteiger partial charge in [0.25, 0.3) is 0 Å². The zero-order valence-corrected chi connectivity index (χ0v) is 13.7. The number of carbonyl (C=O) groups excluding carboxylic acids is 1. The average Bonchev–Trinajstić information content (AvgIpc) is 2.85. The van der Waals surface area contributed by atoms with Crippen molar-refractivity contribution >= 4 is 11.9 Å². The first kappa shape index (κ1) is 16.8. The highest BCUT2D eigenvalue weighted by Gasteiger charge is 2.18. The number of hydrogen-bond acceptors (Lipinski definition) is 5. The summed E-state index contributed by atoms with van der Waals surface area (Å²) in [4.78, 5) is 11.8. The molecule has 1 amide bonds. The van der Waals surface area contributed by atoms with Crippen molar-refractivity contribution < 1.29 is 9.53 Å². The molecule has 7 heteroatoms. The predicted octanol–water partition coefficient (Wildman–Crippen LogP) is 1.85. The normalized spacial score (nSPS) is 16.5. The van der Waals surface area contributed by atoms with E-state index in [1.54, 1.807) is 6.20 Å². The van der Waals surface area contributed by atoms with E-state index in [0.717, 1.165) is 31.1 Å². The molecule has 1 saturated heterocycles. The van der Waals surface area contributed by atoms with Gasteiger partial charge in [-0.15, -0.1) is 0 Å². The lowest BCUT2D eigenvalue weighted by atomic mass is 9.98. The molecule has 2 rings (SSSR count). The third kappa shape index (κ3) is 5.65. The van der Waals surface area contributed by atoms with Gasteiger partial charge in [-0.3, -0.25) is 10.4 Å². The topological polar surface area (TPSA) is 91.1 Å². The Labute approximate surface area is 131 Å². The summed E-state index contributed by atoms with van der Waals surface area (Å²) < 4.78 is 5.24. The number of piperidine rings is 1. The van der Waals surface area contributed by atoms with Gasteiger partial charge in [-0.05, 0) is 59.2 Å². The molecule has 4 N–H and O–H groups in total. The van der Waals surface area contributed by atoms with Crippen molar-refractivity contribution in [3.63, 3.8) is 0 Å². The van der Waals surface area contributed by atoms with Gasteiger partial charge in [0.15, 0.2) is 0 Å². The largest absolute Gasteiger partial charge is 0.444 e. The number of rotatable bonds is 5. The highest BCUT2D eigenvalue weighted by Crippen LogP contribution is 2.15. The van der Waals surface area contributed by atoms with Crippen LogP contribution in [0.2, 0.25) is 0 Å². The summed E-state index contributed by atoms with van der Waals surface area (Å²) in [7, 11) is 0. The number of anilines is 1. The van der Waals surface area contributed by atoms with Gasteiger partial charge < -0.3 is 15.4 Å². The van der Waals surface area contributed by atoms with Crippen LogP contribution in [0.25, 0.3) is 0 Å². The molecule has 1 fully saturated rings. The number of nitrogens with zero attached hydrogens (tertiary/aromatic N) is 1. The summed E-state index contributed by atoms with van der Waals surface area (Å²) in [6, 6.07) is 0. The van der Waals surface area contributed by atoms with Crippen LogP contribution < -0.4 is 16.0 Å². The Morgan fingerprint density at radius 1 is 1.41 bits per heavy atom. The van der Waals surface area contributed by atoms with Crippen LogP contribution in [0.15, 0.2) is 6.20 Å². The van der Waals surface area contributed by atoms with Crippen LogP contribution in [-0.2, 0) is 11.3 Å². The molecule has 0 atom stereocenters. The van der Waals surface area contributed by atoms with Crippen molar-refractivity contribution in [2.24, 2.45) is 5.92 Å². The van der Waals surface area contributed by atoms with E-state index in [4.69, 9.17) is 4.74 Å². The molecule has 1 aromatic heterocycles. The molecule has 0 radical (unpaired) electrons. The molecule has 22 heavy (non-hydrogen) atoms. The van der Waals surface area contributed by atoms with E-state index in [1.165, 1.54) is 12.8 Å². The number of aromatic nitrogens is 2. The van der Waals surface area contributed by atoms with Crippen molar-refractivity contribution in [2.75, 3.05) is 25.0 Å². The van der Waals surface area contributed by atoms with Crippen LogP contribution >= 0.6 is 0 Å². The first-order valence-electron chi connectivity index (χ1n) is 7.88. The fourth-order valence-electron chi connectivity index (χ4n) is 2.46.